The van der Waals surface area contributed by atoms with Crippen molar-refractivity contribution in [3.8, 4) is 22.3 Å². The van der Waals surface area contributed by atoms with Crippen LogP contribution in [0, 0.1) is 0 Å². The van der Waals surface area contributed by atoms with Crippen molar-refractivity contribution in [1.29, 1.82) is 0 Å². The summed E-state index contributed by atoms with van der Waals surface area (Å²) in [5.41, 5.74) is 22.1. The molecule has 0 saturated heterocycles. The van der Waals surface area contributed by atoms with Crippen LogP contribution in [0.25, 0.3) is 98.4 Å². The van der Waals surface area contributed by atoms with Gasteiger partial charge in [0.2, 0.25) is 0 Å². The summed E-state index contributed by atoms with van der Waals surface area (Å²) in [5, 5.41) is 11.8. The van der Waals surface area contributed by atoms with Crippen molar-refractivity contribution in [1.82, 2.24) is 0 Å². The van der Waals surface area contributed by atoms with Gasteiger partial charge in [0, 0.05) is 44.3 Å². The Hall–Kier alpha value is -10.2. The van der Waals surface area contributed by atoms with E-state index in [0.29, 0.717) is 11.8 Å². The Kier molecular flexibility index (Phi) is 10.3. The predicted octanol–water partition coefficient (Wildman–Crippen LogP) is 22.5. The van der Waals surface area contributed by atoms with Gasteiger partial charge in [0.15, 0.2) is 11.2 Å². The summed E-state index contributed by atoms with van der Waals surface area (Å²) in [6, 6.07) is 94.6. The lowest BCUT2D eigenvalue weighted by Crippen LogP contribution is -2.26. The number of hydrogen-bond acceptors (Lipinski definition) is 4. The minimum atomic E-state index is -0.664. The van der Waals surface area contributed by atoms with Gasteiger partial charge in [-0.15, -0.1) is 0 Å². The van der Waals surface area contributed by atoms with E-state index in [9.17, 15) is 0 Å². The van der Waals surface area contributed by atoms with Crippen molar-refractivity contribution in [3.05, 3.63) is 288 Å². The summed E-state index contributed by atoms with van der Waals surface area (Å²) < 4.78 is 14.1. The lowest BCUT2D eigenvalue weighted by Gasteiger charge is -2.33. The monoisotopic (exact) mass is 1060 g/mol. The average molecular weight is 1070 g/mol. The number of fused-ring (bicyclic) bond motifs is 22. The number of para-hydroxylation sites is 6. The van der Waals surface area contributed by atoms with Crippen molar-refractivity contribution in [2.45, 2.75) is 44.9 Å². The maximum atomic E-state index is 7.04. The number of anilines is 6. The van der Waals surface area contributed by atoms with Crippen LogP contribution in [0.4, 0.5) is 34.1 Å². The van der Waals surface area contributed by atoms with Crippen molar-refractivity contribution < 1.29 is 8.83 Å². The van der Waals surface area contributed by atoms with E-state index in [-0.39, 0.29) is 0 Å². The summed E-state index contributed by atoms with van der Waals surface area (Å²) in [4.78, 5) is 4.76. The quantitative estimate of drug-likeness (QED) is 0.152. The van der Waals surface area contributed by atoms with E-state index in [1.54, 1.807) is 0 Å². The Morgan fingerprint density at radius 3 is 1.28 bits per heavy atom. The maximum absolute atomic E-state index is 7.04. The molecule has 2 heterocycles. The second-order valence-corrected chi connectivity index (χ2v) is 23.4. The molecule has 0 unspecified atom stereocenters. The van der Waals surface area contributed by atoms with Crippen LogP contribution in [0.5, 0.6) is 0 Å². The third-order valence-corrected chi connectivity index (χ3v) is 18.3. The molecule has 4 nitrogen and oxygen atoms in total. The highest BCUT2D eigenvalue weighted by atomic mass is 16.3. The minimum absolute atomic E-state index is 0.316. The van der Waals surface area contributed by atoms with Gasteiger partial charge in [-0.2, -0.15) is 0 Å². The normalized spacial score (nSPS) is 13.1. The number of rotatable bonds is 8. The molecule has 2 aliphatic rings. The third-order valence-electron chi connectivity index (χ3n) is 18.3. The molecule has 4 heteroatoms. The highest BCUT2D eigenvalue weighted by Gasteiger charge is 2.53. The molecule has 0 N–H and O–H groups in total. The van der Waals surface area contributed by atoms with Gasteiger partial charge in [0.05, 0.1) is 16.8 Å². The summed E-state index contributed by atoms with van der Waals surface area (Å²) in [6.45, 7) is 8.96. The number of nitrogens with zero attached hydrogens (tertiary/aromatic N) is 2. The first-order valence-electron chi connectivity index (χ1n) is 29.2. The molecular formula is C79H56N2O2. The SMILES string of the molecule is CC(C)c1cccc2c1oc1c(N(c3ccccc3)c3ccc4c5c(ccc4c3)-c3ccc4cc(N(c6ccccc6)c6cccc7c6oc6c(C(C)C)cccc67)ccc4c3C53c4ccccc4-c4c3ccc3ccccc43)cccc12. The molecule has 17 rings (SSSR count). The second kappa shape index (κ2) is 17.9. The Labute approximate surface area is 481 Å². The van der Waals surface area contributed by atoms with Crippen LogP contribution in [-0.4, -0.2) is 0 Å². The first-order chi connectivity index (χ1) is 40.8. The van der Waals surface area contributed by atoms with Crippen molar-refractivity contribution >= 4 is 110 Å². The summed E-state index contributed by atoms with van der Waals surface area (Å²) >= 11 is 0. The second-order valence-electron chi connectivity index (χ2n) is 23.4. The van der Waals surface area contributed by atoms with E-state index in [1.807, 2.05) is 0 Å². The Morgan fingerprint density at radius 1 is 0.301 bits per heavy atom. The molecule has 0 atom stereocenters. The largest absolute Gasteiger partial charge is 0.454 e. The summed E-state index contributed by atoms with van der Waals surface area (Å²) in [7, 11) is 0. The fourth-order valence-electron chi connectivity index (χ4n) is 14.8. The topological polar surface area (TPSA) is 32.8 Å². The molecule has 0 fully saturated rings. The summed E-state index contributed by atoms with van der Waals surface area (Å²) in [6.07, 6.45) is 0. The average Bonchev–Trinajstić information content (AvgIpc) is 1.63. The first kappa shape index (κ1) is 47.6. The molecule has 0 saturated carbocycles. The van der Waals surface area contributed by atoms with E-state index in [2.05, 4.69) is 292 Å². The number of hydrogen-bond donors (Lipinski definition) is 0. The van der Waals surface area contributed by atoms with E-state index in [1.165, 1.54) is 88.0 Å². The van der Waals surface area contributed by atoms with Gasteiger partial charge in [0.25, 0.3) is 0 Å². The standard InChI is InChI=1S/C79H56N2O2/c1-47(2)56-26-15-28-63-65-30-17-33-70(77(65)82-75(56)63)80(52-20-7-5-8-21-52)54-38-42-59-50(45-54)35-40-61-62-41-36-51-46-55(81(53-22-9-6-10-23-53)71-34-18-31-66-64-29-16-27-57(48(3)4)76(64)83-78(66)71)39-43-60(51)74(62)79(73(59)61)68-32-14-13-25-67(68)72-58-24-12-11-19-49(58)37-44-69(72)79/h5-48H,1-4H3. The van der Waals surface area contributed by atoms with Crippen LogP contribution < -0.4 is 9.80 Å². The zero-order chi connectivity index (χ0) is 55.2. The smallest absolute Gasteiger partial charge is 0.159 e. The number of furan rings is 2. The molecule has 83 heavy (non-hydrogen) atoms. The van der Waals surface area contributed by atoms with Gasteiger partial charge >= 0.3 is 0 Å². The molecule has 15 aromatic rings. The van der Waals surface area contributed by atoms with Crippen molar-refractivity contribution in [3.63, 3.8) is 0 Å². The fourth-order valence-corrected chi connectivity index (χ4v) is 14.8. The van der Waals surface area contributed by atoms with Crippen molar-refractivity contribution in [2.75, 3.05) is 9.80 Å². The van der Waals surface area contributed by atoms with Gasteiger partial charge in [0.1, 0.15) is 11.2 Å². The first-order valence-corrected chi connectivity index (χ1v) is 29.2. The fraction of sp³-hybridized carbons (Fsp3) is 0.0886. The highest BCUT2D eigenvalue weighted by molar-refractivity contribution is 6.16. The van der Waals surface area contributed by atoms with E-state index in [4.69, 9.17) is 8.83 Å². The van der Waals surface area contributed by atoms with E-state index >= 15 is 0 Å². The zero-order valence-corrected chi connectivity index (χ0v) is 46.6. The highest BCUT2D eigenvalue weighted by Crippen LogP contribution is 2.66. The molecule has 0 aliphatic heterocycles. The van der Waals surface area contributed by atoms with Crippen molar-refractivity contribution in [2.24, 2.45) is 0 Å². The van der Waals surface area contributed by atoms with E-state index in [0.717, 1.165) is 78.0 Å². The van der Waals surface area contributed by atoms with E-state index < -0.39 is 5.41 Å². The van der Waals surface area contributed by atoms with Gasteiger partial charge in [-0.05, 0) is 160 Å². The molecule has 0 bridgehead atoms. The Morgan fingerprint density at radius 2 is 0.747 bits per heavy atom. The van der Waals surface area contributed by atoms with Gasteiger partial charge in [-0.3, -0.25) is 0 Å². The zero-order valence-electron chi connectivity index (χ0n) is 46.6. The molecular weight excluding hydrogens is 1010 g/mol. The maximum Gasteiger partial charge on any atom is 0.159 e. The third kappa shape index (κ3) is 6.69. The van der Waals surface area contributed by atoms with Crippen LogP contribution in [0.15, 0.2) is 264 Å². The molecule has 2 aromatic heterocycles. The molecule has 394 valence electrons. The lowest BCUT2D eigenvalue weighted by molar-refractivity contribution is 0.657. The van der Waals surface area contributed by atoms with Crippen LogP contribution in [0.3, 0.4) is 0 Å². The number of benzene rings is 13. The lowest BCUT2D eigenvalue weighted by atomic mass is 9.68. The molecule has 0 radical (unpaired) electrons. The molecule has 0 amide bonds. The van der Waals surface area contributed by atoms with Gasteiger partial charge in [-0.1, -0.05) is 222 Å². The van der Waals surface area contributed by atoms with Gasteiger partial charge in [-0.25, -0.2) is 0 Å². The molecule has 13 aromatic carbocycles. The predicted molar refractivity (Wildman–Crippen MR) is 347 cm³/mol. The van der Waals surface area contributed by atoms with Crippen LogP contribution in [-0.2, 0) is 5.41 Å². The van der Waals surface area contributed by atoms with Gasteiger partial charge < -0.3 is 18.6 Å². The minimum Gasteiger partial charge on any atom is -0.454 e. The molecule has 2 aliphatic carbocycles. The molecule has 1 spiro atoms. The Bertz CT molecular complexity index is 4920. The summed E-state index contributed by atoms with van der Waals surface area (Å²) in [5.74, 6) is 0.632. The van der Waals surface area contributed by atoms with Crippen LogP contribution in [0.2, 0.25) is 0 Å². The van der Waals surface area contributed by atoms with Crippen LogP contribution in [0.1, 0.15) is 72.9 Å². The van der Waals surface area contributed by atoms with Crippen LogP contribution >= 0.6 is 0 Å². The Balaban J connectivity index is 0.905.